The molecule has 0 aromatic heterocycles. The fourth-order valence-corrected chi connectivity index (χ4v) is 2.81. The molecule has 0 aliphatic carbocycles. The van der Waals surface area contributed by atoms with Crippen LogP contribution in [0.3, 0.4) is 0 Å². The average Bonchev–Trinajstić information content (AvgIpc) is 2.29. The van der Waals surface area contributed by atoms with E-state index in [0.29, 0.717) is 4.47 Å². The molecule has 0 spiro atoms. The van der Waals surface area contributed by atoms with Crippen LogP contribution in [0.2, 0.25) is 0 Å². The molecule has 0 aliphatic heterocycles. The van der Waals surface area contributed by atoms with E-state index in [1.807, 2.05) is 4.72 Å². The van der Waals surface area contributed by atoms with Gasteiger partial charge in [-0.1, -0.05) is 15.9 Å². The Bertz CT molecular complexity index is 561. The molecule has 1 atom stereocenters. The largest absolute Gasteiger partial charge is 0.398 e. The SMILES string of the molecule is NC(=O)C(O)CNS(=O)(=O)c1cc(Br)ccc1N. The predicted molar refractivity (Wildman–Crippen MR) is 68.9 cm³/mol. The molecular formula is C9H12BrN3O4S. The summed E-state index contributed by atoms with van der Waals surface area (Å²) in [5, 5.41) is 9.12. The van der Waals surface area contributed by atoms with Gasteiger partial charge in [0.05, 0.1) is 5.69 Å². The maximum atomic E-state index is 11.9. The highest BCUT2D eigenvalue weighted by atomic mass is 79.9. The number of hydrogen-bond donors (Lipinski definition) is 4. The Morgan fingerprint density at radius 2 is 2.11 bits per heavy atom. The first kappa shape index (κ1) is 14.9. The zero-order valence-electron chi connectivity index (χ0n) is 9.13. The Balaban J connectivity index is 2.93. The van der Waals surface area contributed by atoms with E-state index in [4.69, 9.17) is 16.6 Å². The number of nitrogens with two attached hydrogens (primary N) is 2. The summed E-state index contributed by atoms with van der Waals surface area (Å²) in [5.41, 5.74) is 10.4. The number of amides is 1. The third-order valence-electron chi connectivity index (χ3n) is 2.06. The minimum atomic E-state index is -3.91. The normalized spacial score (nSPS) is 13.2. The van der Waals surface area contributed by atoms with Gasteiger partial charge in [0.25, 0.3) is 0 Å². The number of halogens is 1. The van der Waals surface area contributed by atoms with Crippen molar-refractivity contribution in [3.8, 4) is 0 Å². The molecule has 0 fully saturated rings. The molecule has 0 saturated heterocycles. The number of aliphatic hydroxyl groups is 1. The predicted octanol–water partition coefficient (Wildman–Crippen LogP) is -0.844. The van der Waals surface area contributed by atoms with Gasteiger partial charge in [0.1, 0.15) is 11.0 Å². The van der Waals surface area contributed by atoms with E-state index in [1.165, 1.54) is 12.1 Å². The van der Waals surface area contributed by atoms with Crippen molar-refractivity contribution in [2.75, 3.05) is 12.3 Å². The van der Waals surface area contributed by atoms with E-state index in [0.717, 1.165) is 0 Å². The minimum absolute atomic E-state index is 0.0549. The summed E-state index contributed by atoms with van der Waals surface area (Å²) in [7, 11) is -3.91. The highest BCUT2D eigenvalue weighted by Gasteiger charge is 2.20. The zero-order chi connectivity index (χ0) is 13.9. The number of nitrogen functional groups attached to an aromatic ring is 1. The van der Waals surface area contributed by atoms with Crippen LogP contribution in [0.25, 0.3) is 0 Å². The summed E-state index contributed by atoms with van der Waals surface area (Å²) in [6.45, 7) is -0.510. The molecule has 0 bridgehead atoms. The van der Waals surface area contributed by atoms with Gasteiger partial charge in [0.2, 0.25) is 15.9 Å². The van der Waals surface area contributed by atoms with E-state index in [2.05, 4.69) is 15.9 Å². The molecule has 1 unspecified atom stereocenters. The van der Waals surface area contributed by atoms with Crippen LogP contribution in [0.15, 0.2) is 27.6 Å². The standard InChI is InChI=1S/C9H12BrN3O4S/c10-5-1-2-6(11)8(3-5)18(16,17)13-4-7(14)9(12)15/h1-3,7,13-14H,4,11H2,(H2,12,15). The smallest absolute Gasteiger partial charge is 0.247 e. The molecule has 6 N–H and O–H groups in total. The number of nitrogens with one attached hydrogen (secondary N) is 1. The second kappa shape index (κ2) is 5.65. The van der Waals surface area contributed by atoms with Crippen molar-refractivity contribution in [1.29, 1.82) is 0 Å². The molecule has 9 heteroatoms. The van der Waals surface area contributed by atoms with Crippen LogP contribution in [0, 0.1) is 0 Å². The van der Waals surface area contributed by atoms with Gasteiger partial charge in [0, 0.05) is 11.0 Å². The number of carbonyl (C=O) groups is 1. The number of sulfonamides is 1. The molecule has 18 heavy (non-hydrogen) atoms. The number of hydrogen-bond acceptors (Lipinski definition) is 5. The van der Waals surface area contributed by atoms with Crippen LogP contribution in [0.4, 0.5) is 5.69 Å². The molecule has 1 aromatic carbocycles. The maximum Gasteiger partial charge on any atom is 0.247 e. The van der Waals surface area contributed by atoms with Crippen LogP contribution < -0.4 is 16.2 Å². The van der Waals surface area contributed by atoms with Crippen molar-refractivity contribution in [2.45, 2.75) is 11.0 Å². The highest BCUT2D eigenvalue weighted by Crippen LogP contribution is 2.22. The molecule has 0 heterocycles. The van der Waals surface area contributed by atoms with Crippen molar-refractivity contribution in [2.24, 2.45) is 5.73 Å². The molecule has 0 aliphatic rings. The quantitative estimate of drug-likeness (QED) is 0.519. The first-order valence-electron chi connectivity index (χ1n) is 4.76. The van der Waals surface area contributed by atoms with Crippen LogP contribution in [0.1, 0.15) is 0 Å². The first-order valence-corrected chi connectivity index (χ1v) is 7.03. The van der Waals surface area contributed by atoms with E-state index >= 15 is 0 Å². The number of anilines is 1. The van der Waals surface area contributed by atoms with Crippen LogP contribution in [-0.2, 0) is 14.8 Å². The Hall–Kier alpha value is -1.16. The lowest BCUT2D eigenvalue weighted by molar-refractivity contribution is -0.125. The third-order valence-corrected chi connectivity index (χ3v) is 4.03. The summed E-state index contributed by atoms with van der Waals surface area (Å²) in [6.07, 6.45) is -1.59. The topological polar surface area (TPSA) is 136 Å². The first-order chi connectivity index (χ1) is 8.24. The van der Waals surface area contributed by atoms with Crippen molar-refractivity contribution < 1.29 is 18.3 Å². The number of carbonyl (C=O) groups excluding carboxylic acids is 1. The van der Waals surface area contributed by atoms with Crippen molar-refractivity contribution in [3.63, 3.8) is 0 Å². The molecule has 1 amide bonds. The molecule has 1 rings (SSSR count). The maximum absolute atomic E-state index is 11.9. The number of benzene rings is 1. The number of aliphatic hydroxyl groups excluding tert-OH is 1. The molecule has 0 saturated carbocycles. The Morgan fingerprint density at radius 3 is 2.67 bits per heavy atom. The summed E-state index contributed by atoms with van der Waals surface area (Å²) < 4.78 is 26.3. The molecule has 100 valence electrons. The highest BCUT2D eigenvalue weighted by molar-refractivity contribution is 9.10. The molecular weight excluding hydrogens is 326 g/mol. The lowest BCUT2D eigenvalue weighted by atomic mass is 10.3. The van der Waals surface area contributed by atoms with Crippen molar-refractivity contribution in [1.82, 2.24) is 4.72 Å². The van der Waals surface area contributed by atoms with Gasteiger partial charge >= 0.3 is 0 Å². The number of primary amides is 1. The van der Waals surface area contributed by atoms with Crippen LogP contribution >= 0.6 is 15.9 Å². The summed E-state index contributed by atoms with van der Waals surface area (Å²) in [5.74, 6) is -1.01. The Kier molecular flexibility index (Phi) is 4.68. The fourth-order valence-electron chi connectivity index (χ4n) is 1.11. The van der Waals surface area contributed by atoms with E-state index in [1.54, 1.807) is 6.07 Å². The van der Waals surface area contributed by atoms with E-state index < -0.39 is 28.6 Å². The molecule has 7 nitrogen and oxygen atoms in total. The number of rotatable bonds is 5. The monoisotopic (exact) mass is 337 g/mol. The van der Waals surface area contributed by atoms with Crippen LogP contribution in [-0.4, -0.2) is 32.1 Å². The fraction of sp³-hybridized carbons (Fsp3) is 0.222. The van der Waals surface area contributed by atoms with Gasteiger partial charge < -0.3 is 16.6 Å². The van der Waals surface area contributed by atoms with Crippen molar-refractivity contribution in [3.05, 3.63) is 22.7 Å². The second-order valence-electron chi connectivity index (χ2n) is 3.45. The summed E-state index contributed by atoms with van der Waals surface area (Å²) in [4.78, 5) is 10.4. The summed E-state index contributed by atoms with van der Waals surface area (Å²) in [6, 6.07) is 4.32. The molecule has 1 aromatic rings. The summed E-state index contributed by atoms with van der Waals surface area (Å²) >= 11 is 3.12. The Morgan fingerprint density at radius 1 is 1.50 bits per heavy atom. The zero-order valence-corrected chi connectivity index (χ0v) is 11.5. The second-order valence-corrected chi connectivity index (χ2v) is 6.10. The van der Waals surface area contributed by atoms with Crippen molar-refractivity contribution >= 4 is 37.5 Å². The van der Waals surface area contributed by atoms with E-state index in [-0.39, 0.29) is 10.6 Å². The molecule has 0 radical (unpaired) electrons. The van der Waals surface area contributed by atoms with Gasteiger partial charge in [-0.2, -0.15) is 0 Å². The Labute approximate surface area is 112 Å². The van der Waals surface area contributed by atoms with Gasteiger partial charge in [-0.15, -0.1) is 0 Å². The minimum Gasteiger partial charge on any atom is -0.398 e. The van der Waals surface area contributed by atoms with Gasteiger partial charge in [0.15, 0.2) is 0 Å². The van der Waals surface area contributed by atoms with Gasteiger partial charge in [-0.25, -0.2) is 13.1 Å². The average molecular weight is 338 g/mol. The van der Waals surface area contributed by atoms with E-state index in [9.17, 15) is 13.2 Å². The van der Waals surface area contributed by atoms with Crippen LogP contribution in [0.5, 0.6) is 0 Å². The third kappa shape index (κ3) is 3.67. The van der Waals surface area contributed by atoms with Gasteiger partial charge in [-0.05, 0) is 18.2 Å². The lowest BCUT2D eigenvalue weighted by Crippen LogP contribution is -2.40. The van der Waals surface area contributed by atoms with Gasteiger partial charge in [-0.3, -0.25) is 4.79 Å². The lowest BCUT2D eigenvalue weighted by Gasteiger charge is -2.11.